The number of pyridine rings is 1. The second-order valence-electron chi connectivity index (χ2n) is 8.44. The summed E-state index contributed by atoms with van der Waals surface area (Å²) in [6.45, 7) is 12.1. The molecule has 2 fully saturated rings. The van der Waals surface area contributed by atoms with Crippen molar-refractivity contribution in [3.8, 4) is 0 Å². The summed E-state index contributed by atoms with van der Waals surface area (Å²) in [5, 5.41) is 6.90. The van der Waals surface area contributed by atoms with Crippen LogP contribution in [0, 0.1) is 5.82 Å². The summed E-state index contributed by atoms with van der Waals surface area (Å²) in [5.41, 5.74) is 0.0571. The maximum Gasteiger partial charge on any atom is 0.191 e. The lowest BCUT2D eigenvalue weighted by Crippen LogP contribution is -2.50. The Morgan fingerprint density at radius 2 is 2.07 bits per heavy atom. The zero-order chi connectivity index (χ0) is 20.0. The van der Waals surface area contributed by atoms with Gasteiger partial charge in [0.25, 0.3) is 0 Å². The number of hydrogen-bond acceptors (Lipinski definition) is 4. The van der Waals surface area contributed by atoms with Gasteiger partial charge in [-0.05, 0) is 65.3 Å². The second-order valence-corrected chi connectivity index (χ2v) is 8.44. The van der Waals surface area contributed by atoms with Crippen LogP contribution in [0.5, 0.6) is 0 Å². The fourth-order valence-electron chi connectivity index (χ4n) is 4.07. The quantitative estimate of drug-likeness (QED) is 0.578. The van der Waals surface area contributed by atoms with Crippen LogP contribution in [0.15, 0.2) is 23.3 Å². The molecular formula is C21H35FN6. The fourth-order valence-corrected chi connectivity index (χ4v) is 4.07. The van der Waals surface area contributed by atoms with Gasteiger partial charge in [0.2, 0.25) is 0 Å². The molecule has 0 saturated carbocycles. The summed E-state index contributed by atoms with van der Waals surface area (Å²) in [7, 11) is 0. The highest BCUT2D eigenvalue weighted by molar-refractivity contribution is 5.80. The lowest BCUT2D eigenvalue weighted by atomic mass is 9.99. The SMILES string of the molecule is CCNC(=NCC(C)(C)N1CCCCC1)NC1CCN(c2ncccc2F)C1. The molecule has 0 aliphatic carbocycles. The molecule has 1 unspecified atom stereocenters. The molecule has 3 heterocycles. The van der Waals surface area contributed by atoms with E-state index in [1.807, 2.05) is 4.90 Å². The molecule has 0 bridgehead atoms. The van der Waals surface area contributed by atoms with E-state index < -0.39 is 0 Å². The number of likely N-dealkylation sites (tertiary alicyclic amines) is 1. The van der Waals surface area contributed by atoms with Gasteiger partial charge in [0.1, 0.15) is 0 Å². The normalized spacial score (nSPS) is 21.8. The number of halogens is 1. The highest BCUT2D eigenvalue weighted by atomic mass is 19.1. The first kappa shape index (κ1) is 20.8. The third-order valence-electron chi connectivity index (χ3n) is 5.75. The molecule has 2 N–H and O–H groups in total. The van der Waals surface area contributed by atoms with Crippen LogP contribution in [0.3, 0.4) is 0 Å². The van der Waals surface area contributed by atoms with E-state index in [0.717, 1.165) is 38.6 Å². The zero-order valence-electron chi connectivity index (χ0n) is 17.5. The van der Waals surface area contributed by atoms with Gasteiger partial charge in [-0.15, -0.1) is 0 Å². The fraction of sp³-hybridized carbons (Fsp3) is 0.714. The number of anilines is 1. The molecule has 156 valence electrons. The van der Waals surface area contributed by atoms with Crippen molar-refractivity contribution in [1.29, 1.82) is 0 Å². The molecule has 28 heavy (non-hydrogen) atoms. The topological polar surface area (TPSA) is 55.8 Å². The molecule has 0 spiro atoms. The first-order valence-electron chi connectivity index (χ1n) is 10.6. The van der Waals surface area contributed by atoms with Crippen molar-refractivity contribution in [2.75, 3.05) is 44.2 Å². The van der Waals surface area contributed by atoms with E-state index in [9.17, 15) is 4.39 Å². The summed E-state index contributed by atoms with van der Waals surface area (Å²) >= 11 is 0. The Hall–Kier alpha value is -1.89. The molecule has 2 saturated heterocycles. The van der Waals surface area contributed by atoms with E-state index in [-0.39, 0.29) is 17.4 Å². The van der Waals surface area contributed by atoms with Gasteiger partial charge in [-0.2, -0.15) is 0 Å². The van der Waals surface area contributed by atoms with Gasteiger partial charge in [0, 0.05) is 37.4 Å². The molecule has 0 amide bonds. The van der Waals surface area contributed by atoms with Gasteiger partial charge in [-0.25, -0.2) is 9.37 Å². The summed E-state index contributed by atoms with van der Waals surface area (Å²) in [5.74, 6) is 1.04. The molecule has 2 aliphatic rings. The minimum atomic E-state index is -0.257. The van der Waals surface area contributed by atoms with Crippen LogP contribution in [-0.4, -0.2) is 66.7 Å². The Labute approximate surface area is 168 Å². The standard InChI is InChI=1S/C21H35FN6/c1-4-23-20(25-16-21(2,3)28-12-6-5-7-13-28)26-17-10-14-27(15-17)19-18(22)9-8-11-24-19/h8-9,11,17H,4-7,10,12-16H2,1-3H3,(H2,23,25,26). The van der Waals surface area contributed by atoms with Gasteiger partial charge in [0.05, 0.1) is 6.54 Å². The molecule has 1 atom stereocenters. The van der Waals surface area contributed by atoms with Crippen LogP contribution in [-0.2, 0) is 0 Å². The molecule has 2 aliphatic heterocycles. The Morgan fingerprint density at radius 3 is 2.79 bits per heavy atom. The van der Waals surface area contributed by atoms with Crippen molar-refractivity contribution >= 4 is 11.8 Å². The first-order valence-corrected chi connectivity index (χ1v) is 10.6. The predicted molar refractivity (Wildman–Crippen MR) is 113 cm³/mol. The van der Waals surface area contributed by atoms with Crippen molar-refractivity contribution in [3.63, 3.8) is 0 Å². The Balaban J connectivity index is 1.58. The largest absolute Gasteiger partial charge is 0.357 e. The van der Waals surface area contributed by atoms with Crippen molar-refractivity contribution < 1.29 is 4.39 Å². The third-order valence-corrected chi connectivity index (χ3v) is 5.75. The van der Waals surface area contributed by atoms with Crippen molar-refractivity contribution in [1.82, 2.24) is 20.5 Å². The van der Waals surface area contributed by atoms with E-state index in [1.54, 1.807) is 12.3 Å². The highest BCUT2D eigenvalue weighted by Crippen LogP contribution is 2.22. The molecule has 1 aromatic heterocycles. The van der Waals surface area contributed by atoms with E-state index in [1.165, 1.54) is 38.4 Å². The van der Waals surface area contributed by atoms with Crippen LogP contribution >= 0.6 is 0 Å². The number of guanidine groups is 1. The van der Waals surface area contributed by atoms with E-state index >= 15 is 0 Å². The average molecular weight is 391 g/mol. The molecule has 0 aromatic carbocycles. The van der Waals surface area contributed by atoms with Gasteiger partial charge in [-0.3, -0.25) is 9.89 Å². The summed E-state index contributed by atoms with van der Waals surface area (Å²) in [4.78, 5) is 13.7. The van der Waals surface area contributed by atoms with Gasteiger partial charge >= 0.3 is 0 Å². The lowest BCUT2D eigenvalue weighted by molar-refractivity contribution is 0.102. The minimum Gasteiger partial charge on any atom is -0.357 e. The van der Waals surface area contributed by atoms with Crippen LogP contribution in [0.2, 0.25) is 0 Å². The number of nitrogens with one attached hydrogen (secondary N) is 2. The average Bonchev–Trinajstić information content (AvgIpc) is 3.16. The summed E-state index contributed by atoms with van der Waals surface area (Å²) < 4.78 is 14.0. The third kappa shape index (κ3) is 5.34. The van der Waals surface area contributed by atoms with Crippen LogP contribution in [0.1, 0.15) is 46.5 Å². The van der Waals surface area contributed by atoms with E-state index in [0.29, 0.717) is 5.82 Å². The number of piperidine rings is 1. The highest BCUT2D eigenvalue weighted by Gasteiger charge is 2.29. The molecule has 0 radical (unpaired) electrons. The number of aliphatic imine (C=N–C) groups is 1. The maximum absolute atomic E-state index is 14.0. The molecule has 7 heteroatoms. The Bertz CT molecular complexity index is 656. The van der Waals surface area contributed by atoms with E-state index in [2.05, 4.69) is 41.3 Å². The monoisotopic (exact) mass is 390 g/mol. The number of nitrogens with zero attached hydrogens (tertiary/aromatic N) is 4. The van der Waals surface area contributed by atoms with Crippen LogP contribution < -0.4 is 15.5 Å². The van der Waals surface area contributed by atoms with Crippen LogP contribution in [0.25, 0.3) is 0 Å². The summed E-state index contributed by atoms with van der Waals surface area (Å²) in [6, 6.07) is 3.33. The van der Waals surface area contributed by atoms with Gasteiger partial charge in [0.15, 0.2) is 17.6 Å². The van der Waals surface area contributed by atoms with E-state index in [4.69, 9.17) is 4.99 Å². The minimum absolute atomic E-state index is 0.0571. The smallest absolute Gasteiger partial charge is 0.191 e. The number of aromatic nitrogens is 1. The number of rotatable bonds is 6. The van der Waals surface area contributed by atoms with Gasteiger partial charge in [-0.1, -0.05) is 6.42 Å². The zero-order valence-corrected chi connectivity index (χ0v) is 17.5. The second kappa shape index (κ2) is 9.54. The molecule has 3 rings (SSSR count). The maximum atomic E-state index is 14.0. The number of hydrogen-bond donors (Lipinski definition) is 2. The lowest BCUT2D eigenvalue weighted by Gasteiger charge is -2.40. The van der Waals surface area contributed by atoms with Crippen molar-refractivity contribution in [2.24, 2.45) is 4.99 Å². The van der Waals surface area contributed by atoms with Crippen LogP contribution in [0.4, 0.5) is 10.2 Å². The first-order chi connectivity index (χ1) is 13.5. The molecule has 1 aromatic rings. The predicted octanol–water partition coefficient (Wildman–Crippen LogP) is 2.62. The Morgan fingerprint density at radius 1 is 1.29 bits per heavy atom. The van der Waals surface area contributed by atoms with Crippen molar-refractivity contribution in [3.05, 3.63) is 24.1 Å². The van der Waals surface area contributed by atoms with Gasteiger partial charge < -0.3 is 15.5 Å². The molecular weight excluding hydrogens is 355 g/mol. The molecule has 6 nitrogen and oxygen atoms in total. The summed E-state index contributed by atoms with van der Waals surface area (Å²) in [6.07, 6.45) is 6.50. The Kier molecular flexibility index (Phi) is 7.10. The van der Waals surface area contributed by atoms with Crippen molar-refractivity contribution in [2.45, 2.75) is 58.0 Å².